The molecule has 0 amide bonds. The van der Waals surface area contributed by atoms with Gasteiger partial charge in [-0.2, -0.15) is 0 Å². The Bertz CT molecular complexity index is 331. The molecule has 0 fully saturated rings. The van der Waals surface area contributed by atoms with Gasteiger partial charge in [-0.1, -0.05) is 155 Å². The molecule has 0 spiro atoms. The molecule has 0 saturated heterocycles. The Morgan fingerprint density at radius 2 is 0.719 bits per heavy atom. The quantitative estimate of drug-likeness (QED) is 0.121. The molecule has 0 aromatic rings. The van der Waals surface area contributed by atoms with Crippen LogP contribution >= 0.6 is 0 Å². The van der Waals surface area contributed by atoms with Gasteiger partial charge in [-0.3, -0.25) is 0 Å². The maximum Gasteiger partial charge on any atom is 0.0540 e. The monoisotopic (exact) mass is 454 g/mol. The van der Waals surface area contributed by atoms with Crippen LogP contribution in [0.2, 0.25) is 0 Å². The van der Waals surface area contributed by atoms with Crippen molar-refractivity contribution < 1.29 is 10.2 Å². The van der Waals surface area contributed by atoms with E-state index in [1.807, 2.05) is 0 Å². The van der Waals surface area contributed by atoms with Gasteiger partial charge >= 0.3 is 0 Å². The highest BCUT2D eigenvalue weighted by Gasteiger charge is 2.04. The molecule has 194 valence electrons. The van der Waals surface area contributed by atoms with Gasteiger partial charge in [0.25, 0.3) is 0 Å². The first-order valence-corrected chi connectivity index (χ1v) is 15.0. The first kappa shape index (κ1) is 31.9. The van der Waals surface area contributed by atoms with Gasteiger partial charge in [-0.25, -0.2) is 0 Å². The fraction of sp³-hybridized carbons (Fsp3) is 1.00. The normalized spacial score (nSPS) is 13.5. The molecule has 0 aromatic carbocycles. The Kier molecular flexibility index (Phi) is 27.1. The van der Waals surface area contributed by atoms with E-state index in [9.17, 15) is 5.11 Å². The minimum absolute atomic E-state index is 0.0494. The lowest BCUT2D eigenvalue weighted by Crippen LogP contribution is -2.05. The molecule has 0 rings (SSSR count). The Balaban J connectivity index is 3.16. The second-order valence-corrected chi connectivity index (χ2v) is 10.7. The van der Waals surface area contributed by atoms with E-state index in [4.69, 9.17) is 5.11 Å². The van der Waals surface area contributed by atoms with Gasteiger partial charge in [0, 0.05) is 6.61 Å². The van der Waals surface area contributed by atoms with Gasteiger partial charge in [-0.15, -0.1) is 0 Å². The maximum absolute atomic E-state index is 10.2. The molecule has 0 saturated carbocycles. The van der Waals surface area contributed by atoms with E-state index in [1.54, 1.807) is 0 Å². The Morgan fingerprint density at radius 3 is 1.03 bits per heavy atom. The fourth-order valence-electron chi connectivity index (χ4n) is 4.74. The zero-order valence-corrected chi connectivity index (χ0v) is 22.4. The molecule has 2 nitrogen and oxygen atoms in total. The fourth-order valence-corrected chi connectivity index (χ4v) is 4.74. The molecular weight excluding hydrogens is 392 g/mol. The summed E-state index contributed by atoms with van der Waals surface area (Å²) >= 11 is 0. The molecule has 0 aliphatic rings. The molecule has 0 aliphatic heterocycles. The van der Waals surface area contributed by atoms with Gasteiger partial charge in [0.15, 0.2) is 0 Å². The minimum Gasteiger partial charge on any atom is -0.396 e. The molecule has 2 N–H and O–H groups in total. The van der Waals surface area contributed by atoms with Gasteiger partial charge < -0.3 is 10.2 Å². The smallest absolute Gasteiger partial charge is 0.0540 e. The highest BCUT2D eigenvalue weighted by atomic mass is 16.3. The van der Waals surface area contributed by atoms with E-state index < -0.39 is 0 Å². The molecule has 2 heteroatoms. The number of aliphatic hydroxyl groups is 2. The summed E-state index contributed by atoms with van der Waals surface area (Å²) in [5.41, 5.74) is 0. The van der Waals surface area contributed by atoms with Crippen LogP contribution in [0.3, 0.4) is 0 Å². The Morgan fingerprint density at radius 1 is 0.438 bits per heavy atom. The summed E-state index contributed by atoms with van der Waals surface area (Å²) in [6.07, 6.45) is 33.2. The number of hydrogen-bond acceptors (Lipinski definition) is 2. The van der Waals surface area contributed by atoms with Crippen LogP contribution in [-0.2, 0) is 0 Å². The summed E-state index contributed by atoms with van der Waals surface area (Å²) in [5.74, 6) is 0.484. The zero-order valence-electron chi connectivity index (χ0n) is 22.4. The molecule has 0 heterocycles. The third kappa shape index (κ3) is 26.2. The number of unbranched alkanes of at least 4 members (excludes halogenated alkanes) is 20. The van der Waals surface area contributed by atoms with Crippen LogP contribution in [0.15, 0.2) is 0 Å². The van der Waals surface area contributed by atoms with E-state index in [2.05, 4.69) is 13.8 Å². The van der Waals surface area contributed by atoms with Crippen molar-refractivity contribution >= 4 is 0 Å². The average Bonchev–Trinajstić information content (AvgIpc) is 2.80. The highest BCUT2D eigenvalue weighted by Crippen LogP contribution is 2.16. The topological polar surface area (TPSA) is 40.5 Å². The summed E-state index contributed by atoms with van der Waals surface area (Å²) in [4.78, 5) is 0. The molecule has 0 bridgehead atoms. The second-order valence-electron chi connectivity index (χ2n) is 10.7. The van der Waals surface area contributed by atoms with Crippen molar-refractivity contribution in [1.82, 2.24) is 0 Å². The number of hydrogen-bond donors (Lipinski definition) is 2. The third-order valence-corrected chi connectivity index (χ3v) is 7.19. The van der Waals surface area contributed by atoms with E-state index >= 15 is 0 Å². The highest BCUT2D eigenvalue weighted by molar-refractivity contribution is 4.58. The summed E-state index contributed by atoms with van der Waals surface area (Å²) in [6, 6.07) is 0. The molecule has 0 aliphatic carbocycles. The van der Waals surface area contributed by atoms with E-state index in [1.165, 1.54) is 148 Å². The first-order chi connectivity index (χ1) is 15.7. The van der Waals surface area contributed by atoms with Crippen molar-refractivity contribution in [2.45, 2.75) is 180 Å². The number of rotatable bonds is 27. The van der Waals surface area contributed by atoms with E-state index in [0.717, 1.165) is 12.8 Å². The molecule has 2 unspecified atom stereocenters. The minimum atomic E-state index is -0.0494. The van der Waals surface area contributed by atoms with Crippen LogP contribution in [0.4, 0.5) is 0 Å². The summed E-state index contributed by atoms with van der Waals surface area (Å²) in [7, 11) is 0. The van der Waals surface area contributed by atoms with Crippen molar-refractivity contribution in [3.8, 4) is 0 Å². The standard InChI is InChI=1S/C30H62O2/c1-3-4-5-6-7-8-9-10-14-17-20-23-26-30(32)27-24-21-18-15-12-11-13-16-19-22-25-29(2)28-31/h29-32H,3-28H2,1-2H3. The van der Waals surface area contributed by atoms with E-state index in [-0.39, 0.29) is 6.10 Å². The van der Waals surface area contributed by atoms with Crippen LogP contribution in [0.5, 0.6) is 0 Å². The summed E-state index contributed by atoms with van der Waals surface area (Å²) < 4.78 is 0. The van der Waals surface area contributed by atoms with Gasteiger partial charge in [0.1, 0.15) is 0 Å². The zero-order chi connectivity index (χ0) is 23.5. The number of aliphatic hydroxyl groups excluding tert-OH is 2. The van der Waals surface area contributed by atoms with Gasteiger partial charge in [-0.05, 0) is 25.2 Å². The SMILES string of the molecule is CCCCCCCCCCCCCCC(O)CCCCCCCCCCCCC(C)CO. The third-order valence-electron chi connectivity index (χ3n) is 7.19. The van der Waals surface area contributed by atoms with Crippen LogP contribution in [-0.4, -0.2) is 22.9 Å². The predicted octanol–water partition coefficient (Wildman–Crippen LogP) is 9.75. The lowest BCUT2D eigenvalue weighted by molar-refractivity contribution is 0.147. The summed E-state index contributed by atoms with van der Waals surface area (Å²) in [6.45, 7) is 4.77. The van der Waals surface area contributed by atoms with Crippen molar-refractivity contribution in [3.63, 3.8) is 0 Å². The van der Waals surface area contributed by atoms with Crippen LogP contribution < -0.4 is 0 Å². The molecule has 32 heavy (non-hydrogen) atoms. The maximum atomic E-state index is 10.2. The van der Waals surface area contributed by atoms with Crippen LogP contribution in [0.25, 0.3) is 0 Å². The molecule has 0 radical (unpaired) electrons. The van der Waals surface area contributed by atoms with Crippen LogP contribution in [0, 0.1) is 5.92 Å². The van der Waals surface area contributed by atoms with Gasteiger partial charge in [0.05, 0.1) is 6.10 Å². The summed E-state index contributed by atoms with van der Waals surface area (Å²) in [5, 5.41) is 19.2. The van der Waals surface area contributed by atoms with Gasteiger partial charge in [0.2, 0.25) is 0 Å². The Hall–Kier alpha value is -0.0800. The van der Waals surface area contributed by atoms with Crippen molar-refractivity contribution in [3.05, 3.63) is 0 Å². The van der Waals surface area contributed by atoms with E-state index in [0.29, 0.717) is 12.5 Å². The predicted molar refractivity (Wildman–Crippen MR) is 143 cm³/mol. The average molecular weight is 455 g/mol. The van der Waals surface area contributed by atoms with Crippen molar-refractivity contribution in [2.24, 2.45) is 5.92 Å². The second kappa shape index (κ2) is 27.2. The largest absolute Gasteiger partial charge is 0.396 e. The van der Waals surface area contributed by atoms with Crippen LogP contribution in [0.1, 0.15) is 174 Å². The molecular formula is C30H62O2. The molecule has 2 atom stereocenters. The van der Waals surface area contributed by atoms with Crippen molar-refractivity contribution in [2.75, 3.05) is 6.61 Å². The van der Waals surface area contributed by atoms with Crippen molar-refractivity contribution in [1.29, 1.82) is 0 Å². The first-order valence-electron chi connectivity index (χ1n) is 15.0. The molecule has 0 aromatic heterocycles. The lowest BCUT2D eigenvalue weighted by Gasteiger charge is -2.10. The Labute approximate surface area is 203 Å². The lowest BCUT2D eigenvalue weighted by atomic mass is 10.0.